The third-order valence-electron chi connectivity index (χ3n) is 1.13. The summed E-state index contributed by atoms with van der Waals surface area (Å²) in [4.78, 5) is 0.626. The quantitative estimate of drug-likeness (QED) is 0.371. The summed E-state index contributed by atoms with van der Waals surface area (Å²) in [5.74, 6) is 0.248. The monoisotopic (exact) mass is 163 g/mol. The van der Waals surface area contributed by atoms with Gasteiger partial charge in [0.15, 0.2) is 0 Å². The van der Waals surface area contributed by atoms with Gasteiger partial charge in [0, 0.05) is 4.90 Å². The average molecular weight is 163 g/mol. The molecule has 1 aromatic rings. The first kappa shape index (κ1) is 10.4. The van der Waals surface area contributed by atoms with Gasteiger partial charge < -0.3 is 5.11 Å². The molecule has 10 heavy (non-hydrogen) atoms. The summed E-state index contributed by atoms with van der Waals surface area (Å²) in [6, 6.07) is 5.36. The minimum absolute atomic E-state index is 0. The zero-order valence-corrected chi connectivity index (χ0v) is 9.02. The fraction of sp³-hybridized carbons (Fsp3) is 0.143. The van der Waals surface area contributed by atoms with Crippen molar-refractivity contribution in [2.24, 2.45) is 0 Å². The van der Waals surface area contributed by atoms with Gasteiger partial charge in [-0.2, -0.15) is 0 Å². The molecule has 1 rings (SSSR count). The molecule has 0 radical (unpaired) electrons. The van der Waals surface area contributed by atoms with E-state index in [1.165, 1.54) is 0 Å². The van der Waals surface area contributed by atoms with E-state index in [4.69, 9.17) is 5.11 Å². The number of hydrogen-bond donors (Lipinski definition) is 2. The second-order valence-electron chi connectivity index (χ2n) is 1.99. The second kappa shape index (κ2) is 4.29. The van der Waals surface area contributed by atoms with E-state index in [1.54, 1.807) is 12.1 Å². The smallest absolute Gasteiger partial charge is 0.507 e. The first-order valence-electron chi connectivity index (χ1n) is 2.69. The SMILES string of the molecule is Cc1ccc(S)c(O)c1.[Na+]. The van der Waals surface area contributed by atoms with Crippen LogP contribution in [0.1, 0.15) is 5.56 Å². The average Bonchev–Trinajstić information content (AvgIpc) is 1.80. The number of rotatable bonds is 0. The van der Waals surface area contributed by atoms with E-state index in [9.17, 15) is 0 Å². The topological polar surface area (TPSA) is 20.2 Å². The van der Waals surface area contributed by atoms with E-state index in [0.29, 0.717) is 4.90 Å². The van der Waals surface area contributed by atoms with Crippen molar-refractivity contribution >= 4 is 12.6 Å². The van der Waals surface area contributed by atoms with Crippen LogP contribution in [0.4, 0.5) is 0 Å². The van der Waals surface area contributed by atoms with Crippen LogP contribution >= 0.6 is 12.6 Å². The molecule has 0 aliphatic carbocycles. The molecule has 0 bridgehead atoms. The molecule has 3 heteroatoms. The third kappa shape index (κ3) is 2.54. The Morgan fingerprint density at radius 3 is 2.40 bits per heavy atom. The van der Waals surface area contributed by atoms with Crippen LogP contribution in [0.5, 0.6) is 5.75 Å². The normalized spacial score (nSPS) is 8.60. The van der Waals surface area contributed by atoms with E-state index in [2.05, 4.69) is 12.6 Å². The molecular formula is C7H8NaOS+. The molecule has 0 unspecified atom stereocenters. The molecule has 0 aliphatic rings. The predicted molar refractivity (Wildman–Crippen MR) is 40.1 cm³/mol. The first-order valence-corrected chi connectivity index (χ1v) is 3.13. The Morgan fingerprint density at radius 1 is 1.40 bits per heavy atom. The minimum atomic E-state index is 0. The molecule has 0 aliphatic heterocycles. The molecular weight excluding hydrogens is 155 g/mol. The largest absolute Gasteiger partial charge is 1.00 e. The summed E-state index contributed by atoms with van der Waals surface area (Å²) in [5.41, 5.74) is 1.05. The Hall–Kier alpha value is 0.370. The van der Waals surface area contributed by atoms with E-state index >= 15 is 0 Å². The van der Waals surface area contributed by atoms with Crippen molar-refractivity contribution in [1.29, 1.82) is 0 Å². The van der Waals surface area contributed by atoms with E-state index < -0.39 is 0 Å². The summed E-state index contributed by atoms with van der Waals surface area (Å²) in [6.07, 6.45) is 0. The summed E-state index contributed by atoms with van der Waals surface area (Å²) in [7, 11) is 0. The predicted octanol–water partition coefficient (Wildman–Crippen LogP) is -1.01. The molecule has 0 heterocycles. The summed E-state index contributed by atoms with van der Waals surface area (Å²) in [5, 5.41) is 9.02. The van der Waals surface area contributed by atoms with Crippen molar-refractivity contribution in [2.45, 2.75) is 11.8 Å². The van der Waals surface area contributed by atoms with Gasteiger partial charge in [-0.25, -0.2) is 0 Å². The third-order valence-corrected chi connectivity index (χ3v) is 1.51. The number of thiol groups is 1. The Kier molecular flexibility index (Phi) is 4.45. The molecule has 1 nitrogen and oxygen atoms in total. The molecule has 0 fully saturated rings. The number of benzene rings is 1. The standard InChI is InChI=1S/C7H8OS.Na/c1-5-2-3-7(9)6(8)4-5;/h2-4,8-9H,1H3;/q;+1. The zero-order chi connectivity index (χ0) is 6.85. The van der Waals surface area contributed by atoms with Gasteiger partial charge >= 0.3 is 29.6 Å². The molecule has 1 aromatic carbocycles. The van der Waals surface area contributed by atoms with Crippen molar-refractivity contribution in [3.05, 3.63) is 23.8 Å². The van der Waals surface area contributed by atoms with Crippen LogP contribution in [0, 0.1) is 6.92 Å². The van der Waals surface area contributed by atoms with Gasteiger partial charge in [0.1, 0.15) is 5.75 Å². The van der Waals surface area contributed by atoms with E-state index in [-0.39, 0.29) is 35.3 Å². The maximum Gasteiger partial charge on any atom is 1.00 e. The number of aromatic hydroxyl groups is 1. The maximum absolute atomic E-state index is 9.02. The number of aryl methyl sites for hydroxylation is 1. The van der Waals surface area contributed by atoms with E-state index in [1.807, 2.05) is 13.0 Å². The Balaban J connectivity index is 0.000000810. The molecule has 0 aromatic heterocycles. The summed E-state index contributed by atoms with van der Waals surface area (Å²) in [6.45, 7) is 1.92. The van der Waals surface area contributed by atoms with Crippen LogP contribution in [0.3, 0.4) is 0 Å². The fourth-order valence-electron chi connectivity index (χ4n) is 0.633. The molecule has 0 amide bonds. The Morgan fingerprint density at radius 2 is 2.00 bits per heavy atom. The molecule has 0 atom stereocenters. The van der Waals surface area contributed by atoms with Crippen LogP contribution in [0.2, 0.25) is 0 Å². The van der Waals surface area contributed by atoms with Crippen LogP contribution in [0.25, 0.3) is 0 Å². The van der Waals surface area contributed by atoms with Crippen molar-refractivity contribution in [2.75, 3.05) is 0 Å². The van der Waals surface area contributed by atoms with Gasteiger partial charge in [-0.1, -0.05) is 6.07 Å². The van der Waals surface area contributed by atoms with Crippen LogP contribution in [-0.2, 0) is 0 Å². The number of phenolic OH excluding ortho intramolecular Hbond substituents is 1. The molecule has 1 N–H and O–H groups in total. The number of phenols is 1. The van der Waals surface area contributed by atoms with Crippen LogP contribution in [0.15, 0.2) is 23.1 Å². The van der Waals surface area contributed by atoms with Gasteiger partial charge in [-0.3, -0.25) is 0 Å². The molecule has 0 saturated heterocycles. The fourth-order valence-corrected chi connectivity index (χ4v) is 0.773. The van der Waals surface area contributed by atoms with Crippen molar-refractivity contribution in [1.82, 2.24) is 0 Å². The van der Waals surface area contributed by atoms with Crippen molar-refractivity contribution in [3.8, 4) is 5.75 Å². The van der Waals surface area contributed by atoms with Gasteiger partial charge in [0.05, 0.1) is 0 Å². The molecule has 48 valence electrons. The summed E-state index contributed by atoms with van der Waals surface area (Å²) < 4.78 is 0. The van der Waals surface area contributed by atoms with Gasteiger partial charge in [0.25, 0.3) is 0 Å². The molecule has 0 spiro atoms. The van der Waals surface area contributed by atoms with Crippen LogP contribution in [-0.4, -0.2) is 5.11 Å². The Bertz CT molecular complexity index is 225. The van der Waals surface area contributed by atoms with E-state index in [0.717, 1.165) is 5.56 Å². The zero-order valence-electron chi connectivity index (χ0n) is 6.13. The number of hydrogen-bond acceptors (Lipinski definition) is 2. The van der Waals surface area contributed by atoms with Gasteiger partial charge in [-0.15, -0.1) is 12.6 Å². The van der Waals surface area contributed by atoms with Gasteiger partial charge in [-0.05, 0) is 24.6 Å². The van der Waals surface area contributed by atoms with Crippen molar-refractivity contribution < 1.29 is 34.7 Å². The van der Waals surface area contributed by atoms with Gasteiger partial charge in [0.2, 0.25) is 0 Å². The maximum atomic E-state index is 9.02. The van der Waals surface area contributed by atoms with Crippen molar-refractivity contribution in [3.63, 3.8) is 0 Å². The molecule has 0 saturated carbocycles. The van der Waals surface area contributed by atoms with Crippen LogP contribution < -0.4 is 29.6 Å². The second-order valence-corrected chi connectivity index (χ2v) is 2.47. The Labute approximate surface area is 88.2 Å². The summed E-state index contributed by atoms with van der Waals surface area (Å²) >= 11 is 4.00. The first-order chi connectivity index (χ1) is 4.20. The minimum Gasteiger partial charge on any atom is -0.507 e.